The number of hydrogen-bond donors (Lipinski definition) is 1. The average molecular weight is 515 g/mol. The molecule has 2 aromatic heterocycles. The molecular formula is C26H28ClFN4O4. The van der Waals surface area contributed by atoms with Crippen molar-refractivity contribution < 1.29 is 23.8 Å². The summed E-state index contributed by atoms with van der Waals surface area (Å²) in [6.07, 6.45) is 7.00. The van der Waals surface area contributed by atoms with Crippen LogP contribution in [0.15, 0.2) is 30.6 Å². The number of aryl methyl sites for hydroxylation is 1. The number of nitrogens with zero attached hydrogens (tertiary/aromatic N) is 4. The lowest BCUT2D eigenvalue weighted by molar-refractivity contribution is -0.185. The van der Waals surface area contributed by atoms with Crippen LogP contribution in [-0.2, 0) is 27.2 Å². The van der Waals surface area contributed by atoms with Crippen LogP contribution in [-0.4, -0.2) is 42.0 Å². The maximum absolute atomic E-state index is 14.4. The molecule has 1 N–H and O–H groups in total. The van der Waals surface area contributed by atoms with Crippen molar-refractivity contribution >= 4 is 29.1 Å². The Morgan fingerprint density at radius 3 is 2.78 bits per heavy atom. The van der Waals surface area contributed by atoms with E-state index in [2.05, 4.69) is 15.1 Å². The van der Waals surface area contributed by atoms with Crippen LogP contribution >= 0.6 is 11.6 Å². The van der Waals surface area contributed by atoms with Gasteiger partial charge in [-0.3, -0.25) is 9.59 Å². The molecule has 5 rings (SSSR count). The van der Waals surface area contributed by atoms with Crippen LogP contribution in [0.5, 0.6) is 0 Å². The van der Waals surface area contributed by atoms with Crippen molar-refractivity contribution in [3.8, 4) is 0 Å². The molecule has 190 valence electrons. The SMILES string of the molecule is C[C@@H](O)c1ccc(CCC2(C3CCCC3)CC(=O)C(Cc3nc4ncc(Cl)cn4n3)C(=O)O2)cc1F. The van der Waals surface area contributed by atoms with Gasteiger partial charge in [-0.1, -0.05) is 36.6 Å². The van der Waals surface area contributed by atoms with E-state index < -0.39 is 29.4 Å². The Morgan fingerprint density at radius 1 is 1.31 bits per heavy atom. The lowest BCUT2D eigenvalue weighted by Gasteiger charge is -2.43. The average Bonchev–Trinajstić information content (AvgIpc) is 3.50. The van der Waals surface area contributed by atoms with E-state index in [1.54, 1.807) is 18.3 Å². The van der Waals surface area contributed by atoms with Crippen molar-refractivity contribution in [3.63, 3.8) is 0 Å². The molecule has 10 heteroatoms. The van der Waals surface area contributed by atoms with E-state index in [9.17, 15) is 19.1 Å². The van der Waals surface area contributed by atoms with E-state index in [0.717, 1.165) is 31.2 Å². The molecule has 3 aromatic rings. The molecule has 2 unspecified atom stereocenters. The van der Waals surface area contributed by atoms with Gasteiger partial charge in [0.05, 0.1) is 23.5 Å². The van der Waals surface area contributed by atoms with Gasteiger partial charge in [-0.05, 0) is 50.2 Å². The molecule has 2 fully saturated rings. The quantitative estimate of drug-likeness (QED) is 0.372. The second kappa shape index (κ2) is 9.86. The molecule has 3 atom stereocenters. The summed E-state index contributed by atoms with van der Waals surface area (Å²) in [7, 11) is 0. The molecule has 1 aliphatic heterocycles. The summed E-state index contributed by atoms with van der Waals surface area (Å²) in [5, 5.41) is 14.4. The maximum Gasteiger partial charge on any atom is 0.317 e. The van der Waals surface area contributed by atoms with Crippen molar-refractivity contribution in [1.29, 1.82) is 0 Å². The first-order valence-corrected chi connectivity index (χ1v) is 12.7. The summed E-state index contributed by atoms with van der Waals surface area (Å²) in [5.41, 5.74) is 0.0755. The van der Waals surface area contributed by atoms with E-state index in [1.165, 1.54) is 23.7 Å². The van der Waals surface area contributed by atoms with Crippen molar-refractivity contribution in [3.05, 3.63) is 58.4 Å². The number of benzene rings is 1. The van der Waals surface area contributed by atoms with Crippen LogP contribution in [0.3, 0.4) is 0 Å². The lowest BCUT2D eigenvalue weighted by atomic mass is 9.73. The fourth-order valence-electron chi connectivity index (χ4n) is 5.57. The van der Waals surface area contributed by atoms with Gasteiger partial charge in [0.1, 0.15) is 17.3 Å². The molecule has 0 radical (unpaired) electrons. The van der Waals surface area contributed by atoms with Crippen LogP contribution in [0.4, 0.5) is 4.39 Å². The zero-order chi connectivity index (χ0) is 25.4. The number of halogens is 2. The monoisotopic (exact) mass is 514 g/mol. The largest absolute Gasteiger partial charge is 0.458 e. The highest BCUT2D eigenvalue weighted by Crippen LogP contribution is 2.45. The van der Waals surface area contributed by atoms with E-state index in [1.807, 2.05) is 0 Å². The number of aliphatic hydroxyl groups is 1. The highest BCUT2D eigenvalue weighted by Gasteiger charge is 2.51. The predicted molar refractivity (Wildman–Crippen MR) is 129 cm³/mol. The Labute approximate surface area is 212 Å². The summed E-state index contributed by atoms with van der Waals surface area (Å²) in [5.74, 6) is -1.44. The number of cyclic esters (lactones) is 1. The molecule has 8 nitrogen and oxygen atoms in total. The highest BCUT2D eigenvalue weighted by molar-refractivity contribution is 6.30. The number of esters is 1. The smallest absolute Gasteiger partial charge is 0.317 e. The Morgan fingerprint density at radius 2 is 2.08 bits per heavy atom. The standard InChI is InChI=1S/C26H28ClFN4O4/c1-15(33)19-7-6-16(10-21(19)28)8-9-26(17-4-2-3-5-17)12-22(34)20(24(35)36-26)11-23-30-25-29-13-18(27)14-32(25)31-23/h6-7,10,13-15,17,20,33H,2-5,8-9,11-12H2,1H3/t15-,20?,26?/m1/s1. The van der Waals surface area contributed by atoms with Gasteiger partial charge in [-0.25, -0.2) is 13.9 Å². The Hall–Kier alpha value is -2.91. The Bertz CT molecular complexity index is 1290. The highest BCUT2D eigenvalue weighted by atomic mass is 35.5. The van der Waals surface area contributed by atoms with E-state index in [0.29, 0.717) is 29.5 Å². The third-order valence-electron chi connectivity index (χ3n) is 7.49. The molecule has 1 saturated heterocycles. The second-order valence-corrected chi connectivity index (χ2v) is 10.4. The minimum atomic E-state index is -0.977. The number of aromatic nitrogens is 4. The molecule has 1 aliphatic carbocycles. The summed E-state index contributed by atoms with van der Waals surface area (Å²) < 4.78 is 22.0. The lowest BCUT2D eigenvalue weighted by Crippen LogP contribution is -2.52. The Balaban J connectivity index is 1.34. The molecule has 36 heavy (non-hydrogen) atoms. The molecule has 1 aromatic carbocycles. The zero-order valence-electron chi connectivity index (χ0n) is 20.0. The van der Waals surface area contributed by atoms with Gasteiger partial charge < -0.3 is 9.84 Å². The number of hydrogen-bond acceptors (Lipinski definition) is 7. The van der Waals surface area contributed by atoms with Gasteiger partial charge in [0, 0.05) is 18.4 Å². The topological polar surface area (TPSA) is 107 Å². The van der Waals surface area contributed by atoms with Crippen LogP contribution in [0.25, 0.3) is 5.78 Å². The number of ether oxygens (including phenoxy) is 1. The van der Waals surface area contributed by atoms with Crippen molar-refractivity contribution in [2.45, 2.75) is 70.0 Å². The first-order chi connectivity index (χ1) is 17.2. The minimum absolute atomic E-state index is 0.0331. The van der Waals surface area contributed by atoms with Crippen LogP contribution in [0.2, 0.25) is 5.02 Å². The van der Waals surface area contributed by atoms with Crippen LogP contribution in [0, 0.1) is 17.7 Å². The number of aliphatic hydroxyl groups excluding tert-OH is 1. The third-order valence-corrected chi connectivity index (χ3v) is 7.69. The number of carbonyl (C=O) groups is 2. The van der Waals surface area contributed by atoms with Gasteiger partial charge in [0.15, 0.2) is 11.6 Å². The maximum atomic E-state index is 14.4. The number of Topliss-reactive ketones (excluding diaryl/α,β-unsaturated/α-hetero) is 1. The van der Waals surface area contributed by atoms with Crippen molar-refractivity contribution in [1.82, 2.24) is 19.6 Å². The van der Waals surface area contributed by atoms with Gasteiger partial charge in [0.2, 0.25) is 0 Å². The van der Waals surface area contributed by atoms with E-state index in [4.69, 9.17) is 16.3 Å². The van der Waals surface area contributed by atoms with Gasteiger partial charge in [-0.2, -0.15) is 4.98 Å². The summed E-state index contributed by atoms with van der Waals surface area (Å²) in [4.78, 5) is 35.0. The number of fused-ring (bicyclic) bond motifs is 1. The summed E-state index contributed by atoms with van der Waals surface area (Å²) in [6, 6.07) is 4.77. The normalized spacial score (nSPS) is 23.8. The molecular weight excluding hydrogens is 487 g/mol. The third kappa shape index (κ3) is 4.86. The fraction of sp³-hybridized carbons (Fsp3) is 0.500. The van der Waals surface area contributed by atoms with Gasteiger partial charge >= 0.3 is 5.97 Å². The van der Waals surface area contributed by atoms with Gasteiger partial charge in [-0.15, -0.1) is 5.10 Å². The molecule has 0 bridgehead atoms. The minimum Gasteiger partial charge on any atom is -0.458 e. The number of ketones is 1. The molecule has 3 heterocycles. The molecule has 1 saturated carbocycles. The van der Waals surface area contributed by atoms with Crippen molar-refractivity contribution in [2.24, 2.45) is 11.8 Å². The van der Waals surface area contributed by atoms with Crippen LogP contribution in [0.1, 0.15) is 68.5 Å². The summed E-state index contributed by atoms with van der Waals surface area (Å²) >= 11 is 5.95. The van der Waals surface area contributed by atoms with Gasteiger partial charge in [0.25, 0.3) is 5.78 Å². The van der Waals surface area contributed by atoms with E-state index >= 15 is 0 Å². The fourth-order valence-corrected chi connectivity index (χ4v) is 5.71. The molecule has 2 aliphatic rings. The van der Waals surface area contributed by atoms with Crippen LogP contribution < -0.4 is 0 Å². The molecule has 0 amide bonds. The first-order valence-electron chi connectivity index (χ1n) is 12.3. The number of rotatable bonds is 7. The summed E-state index contributed by atoms with van der Waals surface area (Å²) in [6.45, 7) is 1.52. The Kier molecular flexibility index (Phi) is 6.78. The zero-order valence-corrected chi connectivity index (χ0v) is 20.7. The van der Waals surface area contributed by atoms with Crippen molar-refractivity contribution in [2.75, 3.05) is 0 Å². The first kappa shape index (κ1) is 24.8. The predicted octanol–water partition coefficient (Wildman–Crippen LogP) is 4.21. The van der Waals surface area contributed by atoms with E-state index in [-0.39, 0.29) is 30.1 Å². The second-order valence-electron chi connectivity index (χ2n) is 9.94. The number of carbonyl (C=O) groups excluding carboxylic acids is 2. The molecule has 0 spiro atoms.